The number of aromatic nitrogens is 1. The Hall–Kier alpha value is -1.52. The van der Waals surface area contributed by atoms with E-state index in [-0.39, 0.29) is 11.9 Å². The molecule has 106 valence electrons. The Morgan fingerprint density at radius 2 is 2.30 bits per heavy atom. The Morgan fingerprint density at radius 1 is 1.45 bits per heavy atom. The maximum Gasteiger partial charge on any atom is 0.267 e. The summed E-state index contributed by atoms with van der Waals surface area (Å²) in [6.07, 6.45) is 2.14. The van der Waals surface area contributed by atoms with Gasteiger partial charge in [0.2, 0.25) is 0 Å². The molecule has 1 aromatic carbocycles. The van der Waals surface area contributed by atoms with Gasteiger partial charge in [-0.25, -0.2) is 0 Å². The Bertz CT molecular complexity index is 644. The molecule has 1 aliphatic rings. The normalized spacial score (nSPS) is 19.2. The molecule has 1 saturated heterocycles. The summed E-state index contributed by atoms with van der Waals surface area (Å²) in [5.74, 6) is -0.0505. The van der Waals surface area contributed by atoms with Crippen molar-refractivity contribution in [2.24, 2.45) is 0 Å². The number of hydrogen-bond donors (Lipinski definition) is 3. The van der Waals surface area contributed by atoms with Crippen molar-refractivity contribution in [3.63, 3.8) is 0 Å². The molecule has 0 radical (unpaired) electrons. The van der Waals surface area contributed by atoms with Crippen LogP contribution < -0.4 is 10.6 Å². The van der Waals surface area contributed by atoms with E-state index in [9.17, 15) is 4.79 Å². The molecule has 1 aromatic heterocycles. The van der Waals surface area contributed by atoms with Crippen LogP contribution in [0.25, 0.3) is 10.9 Å². The first kappa shape index (κ1) is 13.5. The van der Waals surface area contributed by atoms with Gasteiger partial charge in [-0.1, -0.05) is 17.7 Å². The number of piperidine rings is 1. The minimum atomic E-state index is -0.0505. The Labute approximate surface area is 122 Å². The van der Waals surface area contributed by atoms with E-state index in [4.69, 9.17) is 11.6 Å². The zero-order valence-electron chi connectivity index (χ0n) is 11.4. The molecule has 1 amide bonds. The number of nitrogens with one attached hydrogen (secondary N) is 3. The summed E-state index contributed by atoms with van der Waals surface area (Å²) in [5.41, 5.74) is 2.50. The third-order valence-corrected chi connectivity index (χ3v) is 4.28. The van der Waals surface area contributed by atoms with E-state index in [1.54, 1.807) is 0 Å². The van der Waals surface area contributed by atoms with Crippen LogP contribution in [0.3, 0.4) is 0 Å². The van der Waals surface area contributed by atoms with Crippen LogP contribution in [0.15, 0.2) is 18.2 Å². The van der Waals surface area contributed by atoms with Crippen LogP contribution in [-0.4, -0.2) is 30.0 Å². The fraction of sp³-hybridized carbons (Fsp3) is 0.400. The van der Waals surface area contributed by atoms with E-state index in [1.165, 1.54) is 0 Å². The second-order valence-corrected chi connectivity index (χ2v) is 5.74. The maximum absolute atomic E-state index is 12.3. The molecule has 0 bridgehead atoms. The number of rotatable bonds is 2. The molecular weight excluding hydrogens is 274 g/mol. The number of carbonyl (C=O) groups excluding carboxylic acids is 1. The van der Waals surface area contributed by atoms with E-state index >= 15 is 0 Å². The van der Waals surface area contributed by atoms with Gasteiger partial charge in [0.15, 0.2) is 0 Å². The molecule has 0 unspecified atom stereocenters. The molecule has 2 heterocycles. The lowest BCUT2D eigenvalue weighted by atomic mass is 10.1. The fourth-order valence-corrected chi connectivity index (χ4v) is 2.84. The van der Waals surface area contributed by atoms with Crippen LogP contribution >= 0.6 is 11.6 Å². The highest BCUT2D eigenvalue weighted by Gasteiger charge is 2.18. The van der Waals surface area contributed by atoms with E-state index in [0.29, 0.717) is 10.7 Å². The lowest BCUT2D eigenvalue weighted by Gasteiger charge is -2.23. The van der Waals surface area contributed by atoms with Gasteiger partial charge in [-0.15, -0.1) is 0 Å². The van der Waals surface area contributed by atoms with Crippen molar-refractivity contribution < 1.29 is 4.79 Å². The highest BCUT2D eigenvalue weighted by atomic mass is 35.5. The maximum atomic E-state index is 12.3. The lowest BCUT2D eigenvalue weighted by molar-refractivity contribution is 0.0926. The van der Waals surface area contributed by atoms with Gasteiger partial charge < -0.3 is 15.6 Å². The molecule has 4 nitrogen and oxygen atoms in total. The van der Waals surface area contributed by atoms with Gasteiger partial charge in [-0.3, -0.25) is 4.79 Å². The van der Waals surface area contributed by atoms with Gasteiger partial charge >= 0.3 is 0 Å². The second-order valence-electron chi connectivity index (χ2n) is 5.34. The van der Waals surface area contributed by atoms with Gasteiger partial charge in [0, 0.05) is 23.0 Å². The van der Waals surface area contributed by atoms with E-state index in [2.05, 4.69) is 15.6 Å². The standard InChI is InChI=1S/C15H18ClN3O/c1-9-12(16)5-4-10-7-13(19-14(9)10)15(20)18-11-3-2-6-17-8-11/h4-5,7,11,17,19H,2-3,6,8H2,1H3,(H,18,20)/t11-/m0/s1. The SMILES string of the molecule is Cc1c(Cl)ccc2cc(C(=O)N[C@H]3CCCNC3)[nH]c12. The van der Waals surface area contributed by atoms with Gasteiger partial charge in [0.25, 0.3) is 5.91 Å². The lowest BCUT2D eigenvalue weighted by Crippen LogP contribution is -2.45. The minimum Gasteiger partial charge on any atom is -0.350 e. The summed E-state index contributed by atoms with van der Waals surface area (Å²) in [5, 5.41) is 8.08. The van der Waals surface area contributed by atoms with Crippen molar-refractivity contribution >= 4 is 28.4 Å². The van der Waals surface area contributed by atoms with E-state index in [0.717, 1.165) is 42.4 Å². The van der Waals surface area contributed by atoms with E-state index in [1.807, 2.05) is 25.1 Å². The number of hydrogen-bond acceptors (Lipinski definition) is 2. The van der Waals surface area contributed by atoms with Crippen molar-refractivity contribution in [3.05, 3.63) is 34.5 Å². The molecule has 0 spiro atoms. The molecule has 2 aromatic rings. The quantitative estimate of drug-likeness (QED) is 0.797. The van der Waals surface area contributed by atoms with Crippen molar-refractivity contribution in [1.82, 2.24) is 15.6 Å². The van der Waals surface area contributed by atoms with Crippen molar-refractivity contribution in [2.75, 3.05) is 13.1 Å². The van der Waals surface area contributed by atoms with Gasteiger partial charge in [-0.05, 0) is 44.0 Å². The van der Waals surface area contributed by atoms with Crippen LogP contribution in [0.1, 0.15) is 28.9 Å². The van der Waals surface area contributed by atoms with Gasteiger partial charge in [0.05, 0.1) is 5.52 Å². The number of carbonyl (C=O) groups is 1. The predicted octanol–water partition coefficient (Wildman–Crippen LogP) is 2.61. The zero-order valence-corrected chi connectivity index (χ0v) is 12.2. The molecule has 20 heavy (non-hydrogen) atoms. The molecule has 0 aliphatic carbocycles. The van der Waals surface area contributed by atoms with Crippen LogP contribution in [0.2, 0.25) is 5.02 Å². The zero-order chi connectivity index (χ0) is 14.1. The smallest absolute Gasteiger partial charge is 0.267 e. The molecule has 3 N–H and O–H groups in total. The molecule has 1 aliphatic heterocycles. The van der Waals surface area contributed by atoms with Crippen LogP contribution in [-0.2, 0) is 0 Å². The summed E-state index contributed by atoms with van der Waals surface area (Å²) in [4.78, 5) is 15.5. The highest BCUT2D eigenvalue weighted by molar-refractivity contribution is 6.32. The third kappa shape index (κ3) is 2.53. The van der Waals surface area contributed by atoms with Crippen LogP contribution in [0.5, 0.6) is 0 Å². The van der Waals surface area contributed by atoms with Crippen LogP contribution in [0, 0.1) is 6.92 Å². The number of H-pyrrole nitrogens is 1. The summed E-state index contributed by atoms with van der Waals surface area (Å²) in [7, 11) is 0. The van der Waals surface area contributed by atoms with Gasteiger partial charge in [0.1, 0.15) is 5.69 Å². The summed E-state index contributed by atoms with van der Waals surface area (Å²) < 4.78 is 0. The topological polar surface area (TPSA) is 56.9 Å². The monoisotopic (exact) mass is 291 g/mol. The van der Waals surface area contributed by atoms with E-state index < -0.39 is 0 Å². The average molecular weight is 292 g/mol. The summed E-state index contributed by atoms with van der Waals surface area (Å²) in [6.45, 7) is 3.83. The van der Waals surface area contributed by atoms with Crippen molar-refractivity contribution in [3.8, 4) is 0 Å². The number of aromatic amines is 1. The molecular formula is C15H18ClN3O. The van der Waals surface area contributed by atoms with Crippen molar-refractivity contribution in [1.29, 1.82) is 0 Å². The number of aryl methyl sites for hydroxylation is 1. The first-order chi connectivity index (χ1) is 9.65. The van der Waals surface area contributed by atoms with Crippen molar-refractivity contribution in [2.45, 2.75) is 25.8 Å². The molecule has 1 atom stereocenters. The second kappa shape index (κ2) is 5.46. The number of amides is 1. The number of benzene rings is 1. The Morgan fingerprint density at radius 3 is 3.05 bits per heavy atom. The molecule has 3 rings (SSSR count). The number of fused-ring (bicyclic) bond motifs is 1. The Kier molecular flexibility index (Phi) is 3.68. The first-order valence-corrected chi connectivity index (χ1v) is 7.32. The third-order valence-electron chi connectivity index (χ3n) is 3.87. The summed E-state index contributed by atoms with van der Waals surface area (Å²) >= 11 is 6.10. The molecule has 0 saturated carbocycles. The van der Waals surface area contributed by atoms with Gasteiger partial charge in [-0.2, -0.15) is 0 Å². The fourth-order valence-electron chi connectivity index (χ4n) is 2.68. The predicted molar refractivity (Wildman–Crippen MR) is 81.4 cm³/mol. The van der Waals surface area contributed by atoms with Crippen LogP contribution in [0.4, 0.5) is 0 Å². The largest absolute Gasteiger partial charge is 0.350 e. The number of halogens is 1. The average Bonchev–Trinajstić information content (AvgIpc) is 2.89. The highest BCUT2D eigenvalue weighted by Crippen LogP contribution is 2.25. The minimum absolute atomic E-state index is 0.0505. The Balaban J connectivity index is 1.82. The summed E-state index contributed by atoms with van der Waals surface area (Å²) in [6, 6.07) is 5.89. The first-order valence-electron chi connectivity index (χ1n) is 6.94. The molecule has 1 fully saturated rings. The molecule has 5 heteroatoms.